The van der Waals surface area contributed by atoms with E-state index in [0.717, 1.165) is 22.2 Å². The van der Waals surface area contributed by atoms with Crippen LogP contribution in [0.4, 0.5) is 0 Å². The van der Waals surface area contributed by atoms with Crippen molar-refractivity contribution in [3.05, 3.63) is 40.3 Å². The Morgan fingerprint density at radius 1 is 1.27 bits per heavy atom. The summed E-state index contributed by atoms with van der Waals surface area (Å²) >= 11 is 6.21. The van der Waals surface area contributed by atoms with Gasteiger partial charge in [0.25, 0.3) is 5.91 Å². The van der Waals surface area contributed by atoms with E-state index in [0.29, 0.717) is 10.8 Å². The minimum atomic E-state index is -1.32. The molecule has 116 valence electrons. The minimum Gasteiger partial charge on any atom is -0.548 e. The molecule has 6 heteroatoms. The minimum absolute atomic E-state index is 0.242. The Labute approximate surface area is 139 Å². The number of benzene rings is 1. The van der Waals surface area contributed by atoms with E-state index in [4.69, 9.17) is 12.2 Å². The number of thiocarbonyl (C=S) groups is 1. The molecule has 0 saturated carbocycles. The van der Waals surface area contributed by atoms with E-state index in [-0.39, 0.29) is 10.2 Å². The Balaban J connectivity index is 2.24. The van der Waals surface area contributed by atoms with E-state index < -0.39 is 12.0 Å². The van der Waals surface area contributed by atoms with Crippen molar-refractivity contribution in [2.45, 2.75) is 32.7 Å². The van der Waals surface area contributed by atoms with Gasteiger partial charge in [-0.05, 0) is 30.0 Å². The standard InChI is InChI=1S/C16H17NO3S2/c1-9(2)12-6-4-11(5-7-12)8-13-14(18)17(16(21)22-13)10(3)15(19)20/h4-10H,1-3H3,(H,19,20)/p-1/b13-8-/t10-/m0/s1. The van der Waals surface area contributed by atoms with Crippen molar-refractivity contribution >= 4 is 46.3 Å². The molecule has 0 aromatic heterocycles. The lowest BCUT2D eigenvalue weighted by atomic mass is 10.0. The van der Waals surface area contributed by atoms with Crippen LogP contribution in [0.1, 0.15) is 37.8 Å². The topological polar surface area (TPSA) is 60.4 Å². The second kappa shape index (κ2) is 6.62. The lowest BCUT2D eigenvalue weighted by Gasteiger charge is -2.23. The summed E-state index contributed by atoms with van der Waals surface area (Å²) in [5, 5.41) is 11.0. The van der Waals surface area contributed by atoms with Crippen molar-refractivity contribution in [2.24, 2.45) is 0 Å². The number of hydrogen-bond donors (Lipinski definition) is 0. The maximum absolute atomic E-state index is 12.3. The van der Waals surface area contributed by atoms with Gasteiger partial charge in [0.1, 0.15) is 4.32 Å². The van der Waals surface area contributed by atoms with Gasteiger partial charge in [-0.3, -0.25) is 9.69 Å². The van der Waals surface area contributed by atoms with Gasteiger partial charge in [0.15, 0.2) is 0 Å². The fourth-order valence-corrected chi connectivity index (χ4v) is 3.47. The van der Waals surface area contributed by atoms with E-state index in [1.807, 2.05) is 24.3 Å². The molecule has 1 heterocycles. The third kappa shape index (κ3) is 3.39. The molecule has 22 heavy (non-hydrogen) atoms. The molecule has 0 radical (unpaired) electrons. The largest absolute Gasteiger partial charge is 0.548 e. The highest BCUT2D eigenvalue weighted by Crippen LogP contribution is 2.34. The van der Waals surface area contributed by atoms with Gasteiger partial charge in [0, 0.05) is 0 Å². The van der Waals surface area contributed by atoms with Crippen LogP contribution in [0.5, 0.6) is 0 Å². The molecule has 1 aromatic rings. The van der Waals surface area contributed by atoms with Gasteiger partial charge in [0.05, 0.1) is 16.9 Å². The van der Waals surface area contributed by atoms with Crippen LogP contribution in [0.25, 0.3) is 6.08 Å². The first kappa shape index (κ1) is 16.7. The molecule has 1 fully saturated rings. The highest BCUT2D eigenvalue weighted by molar-refractivity contribution is 8.26. The number of carbonyl (C=O) groups excluding carboxylic acids is 2. The number of amides is 1. The van der Waals surface area contributed by atoms with Gasteiger partial charge >= 0.3 is 0 Å². The number of rotatable bonds is 4. The molecule has 1 amide bonds. The van der Waals surface area contributed by atoms with Gasteiger partial charge in [-0.1, -0.05) is 62.1 Å². The molecule has 0 unspecified atom stereocenters. The SMILES string of the molecule is CC(C)c1ccc(/C=C2\SC(=S)N([C@@H](C)C(=O)[O-])C2=O)cc1. The van der Waals surface area contributed by atoms with Crippen molar-refractivity contribution in [1.82, 2.24) is 4.90 Å². The number of carboxylic acids is 1. The molecular formula is C16H16NO3S2-. The number of hydrogen-bond acceptors (Lipinski definition) is 5. The molecule has 0 bridgehead atoms. The summed E-state index contributed by atoms with van der Waals surface area (Å²) in [7, 11) is 0. The van der Waals surface area contributed by atoms with E-state index in [1.165, 1.54) is 12.5 Å². The summed E-state index contributed by atoms with van der Waals surface area (Å²) < 4.78 is 0.242. The summed E-state index contributed by atoms with van der Waals surface area (Å²) in [6.07, 6.45) is 1.73. The van der Waals surface area contributed by atoms with Crippen LogP contribution < -0.4 is 5.11 Å². The van der Waals surface area contributed by atoms with Gasteiger partial charge in [-0.25, -0.2) is 0 Å². The molecule has 4 nitrogen and oxygen atoms in total. The molecule has 0 spiro atoms. The predicted octanol–water partition coefficient (Wildman–Crippen LogP) is 2.15. The lowest BCUT2D eigenvalue weighted by molar-refractivity contribution is -0.309. The fraction of sp³-hybridized carbons (Fsp3) is 0.312. The Morgan fingerprint density at radius 2 is 1.86 bits per heavy atom. The number of carbonyl (C=O) groups is 2. The summed E-state index contributed by atoms with van der Waals surface area (Å²) in [4.78, 5) is 24.8. The third-order valence-electron chi connectivity index (χ3n) is 3.45. The molecular weight excluding hydrogens is 318 g/mol. The summed E-state index contributed by atoms with van der Waals surface area (Å²) in [6, 6.07) is 6.83. The van der Waals surface area contributed by atoms with Crippen LogP contribution in [0.15, 0.2) is 29.2 Å². The Bertz CT molecular complexity index is 650. The van der Waals surface area contributed by atoms with E-state index in [9.17, 15) is 14.7 Å². The number of carboxylic acid groups (broad SMARTS) is 1. The van der Waals surface area contributed by atoms with Crippen LogP contribution in [0.2, 0.25) is 0 Å². The molecule has 2 rings (SSSR count). The second-order valence-corrected chi connectivity index (χ2v) is 7.04. The summed E-state index contributed by atoms with van der Waals surface area (Å²) in [6.45, 7) is 5.61. The Morgan fingerprint density at radius 3 is 2.36 bits per heavy atom. The van der Waals surface area contributed by atoms with E-state index in [2.05, 4.69) is 13.8 Å². The molecule has 0 N–H and O–H groups in total. The van der Waals surface area contributed by atoms with Crippen molar-refractivity contribution in [3.63, 3.8) is 0 Å². The summed E-state index contributed by atoms with van der Waals surface area (Å²) in [5.74, 6) is -1.27. The number of nitrogens with zero attached hydrogens (tertiary/aromatic N) is 1. The van der Waals surface area contributed by atoms with Gasteiger partial charge in [-0.2, -0.15) is 0 Å². The van der Waals surface area contributed by atoms with Crippen molar-refractivity contribution in [2.75, 3.05) is 0 Å². The molecule has 1 aliphatic heterocycles. The Hall–Kier alpha value is -1.66. The first-order valence-electron chi connectivity index (χ1n) is 6.89. The number of aliphatic carboxylic acids is 1. The molecule has 1 atom stereocenters. The third-order valence-corrected chi connectivity index (χ3v) is 4.78. The zero-order valence-electron chi connectivity index (χ0n) is 12.5. The van der Waals surface area contributed by atoms with E-state index in [1.54, 1.807) is 6.08 Å². The highest BCUT2D eigenvalue weighted by Gasteiger charge is 2.35. The monoisotopic (exact) mass is 334 g/mol. The van der Waals surface area contributed by atoms with Crippen LogP contribution in [0, 0.1) is 0 Å². The van der Waals surface area contributed by atoms with Crippen LogP contribution in [0.3, 0.4) is 0 Å². The molecule has 0 aliphatic carbocycles. The zero-order chi connectivity index (χ0) is 16.4. The molecule has 1 saturated heterocycles. The second-order valence-electron chi connectivity index (χ2n) is 5.37. The maximum Gasteiger partial charge on any atom is 0.266 e. The maximum atomic E-state index is 12.3. The molecule has 1 aliphatic rings. The summed E-state index contributed by atoms with van der Waals surface area (Å²) in [5.41, 5.74) is 2.10. The van der Waals surface area contributed by atoms with Crippen LogP contribution in [-0.2, 0) is 9.59 Å². The number of thioether (sulfide) groups is 1. The average Bonchev–Trinajstić information content (AvgIpc) is 2.73. The van der Waals surface area contributed by atoms with Crippen molar-refractivity contribution in [1.29, 1.82) is 0 Å². The fourth-order valence-electron chi connectivity index (χ4n) is 2.05. The van der Waals surface area contributed by atoms with Gasteiger partial charge in [0.2, 0.25) is 0 Å². The van der Waals surface area contributed by atoms with Gasteiger partial charge in [-0.15, -0.1) is 0 Å². The van der Waals surface area contributed by atoms with Crippen molar-refractivity contribution < 1.29 is 14.7 Å². The zero-order valence-corrected chi connectivity index (χ0v) is 14.2. The van der Waals surface area contributed by atoms with Crippen molar-refractivity contribution in [3.8, 4) is 0 Å². The normalized spacial score (nSPS) is 18.4. The first-order chi connectivity index (χ1) is 10.3. The van der Waals surface area contributed by atoms with Crippen LogP contribution in [-0.4, -0.2) is 27.1 Å². The quantitative estimate of drug-likeness (QED) is 0.624. The highest BCUT2D eigenvalue weighted by atomic mass is 32.2. The average molecular weight is 334 g/mol. The smallest absolute Gasteiger partial charge is 0.266 e. The van der Waals surface area contributed by atoms with Gasteiger partial charge < -0.3 is 9.90 Å². The first-order valence-corrected chi connectivity index (χ1v) is 8.11. The van der Waals surface area contributed by atoms with E-state index >= 15 is 0 Å². The molecule has 1 aromatic carbocycles. The lowest BCUT2D eigenvalue weighted by Crippen LogP contribution is -2.48. The Kier molecular flexibility index (Phi) is 5.03. The predicted molar refractivity (Wildman–Crippen MR) is 90.0 cm³/mol. The van der Waals surface area contributed by atoms with Crippen LogP contribution >= 0.6 is 24.0 Å².